The summed E-state index contributed by atoms with van der Waals surface area (Å²) in [7, 11) is 0. The van der Waals surface area contributed by atoms with Crippen LogP contribution in [-0.4, -0.2) is 22.4 Å². The van der Waals surface area contributed by atoms with Crippen LogP contribution < -0.4 is 5.32 Å². The highest BCUT2D eigenvalue weighted by molar-refractivity contribution is 7.13. The molecule has 2 heterocycles. The highest BCUT2D eigenvalue weighted by atomic mass is 35.5. The van der Waals surface area contributed by atoms with E-state index in [2.05, 4.69) is 15.3 Å². The van der Waals surface area contributed by atoms with E-state index in [0.29, 0.717) is 11.4 Å². The number of halogens is 1. The average molecular weight is 386 g/mol. The zero-order valence-corrected chi connectivity index (χ0v) is 16.1. The maximum Gasteiger partial charge on any atom is 0.263 e. The smallest absolute Gasteiger partial charge is 0.263 e. The molecule has 1 amide bonds. The van der Waals surface area contributed by atoms with E-state index in [1.807, 2.05) is 43.3 Å². The summed E-state index contributed by atoms with van der Waals surface area (Å²) in [5.41, 5.74) is 3.17. The molecule has 0 radical (unpaired) electrons. The van der Waals surface area contributed by atoms with Crippen LogP contribution in [0.15, 0.2) is 48.8 Å². The van der Waals surface area contributed by atoms with Crippen molar-refractivity contribution in [1.82, 2.24) is 15.3 Å². The number of nitrogens with one attached hydrogen (secondary N) is 1. The monoisotopic (exact) mass is 385 g/mol. The standard InChI is InChI=1S/C20H20ClN3OS/c1-14-19(20(25)23-13-10-15-2-5-17(21)6-3-15)26-18(24-14)7-4-16-8-11-22-12-9-16/h2-3,5-6,8-9,11-12H,4,7,10,13H2,1H3,(H,23,25). The number of pyridine rings is 1. The maximum atomic E-state index is 12.4. The van der Waals surface area contributed by atoms with Gasteiger partial charge in [0.05, 0.1) is 10.7 Å². The van der Waals surface area contributed by atoms with Gasteiger partial charge in [-0.3, -0.25) is 9.78 Å². The molecule has 0 saturated heterocycles. The SMILES string of the molecule is Cc1nc(CCc2ccncc2)sc1C(=O)NCCc1ccc(Cl)cc1. The summed E-state index contributed by atoms with van der Waals surface area (Å²) < 4.78 is 0. The summed E-state index contributed by atoms with van der Waals surface area (Å²) in [6.45, 7) is 2.48. The van der Waals surface area contributed by atoms with E-state index < -0.39 is 0 Å². The normalized spacial score (nSPS) is 10.7. The molecule has 0 aliphatic carbocycles. The van der Waals surface area contributed by atoms with E-state index in [1.165, 1.54) is 16.9 Å². The number of carbonyl (C=O) groups is 1. The number of carbonyl (C=O) groups excluding carboxylic acids is 1. The summed E-state index contributed by atoms with van der Waals surface area (Å²) in [6, 6.07) is 11.7. The first kappa shape index (κ1) is 18.5. The number of thiazole rings is 1. The molecule has 134 valence electrons. The van der Waals surface area contributed by atoms with Gasteiger partial charge >= 0.3 is 0 Å². The zero-order valence-electron chi connectivity index (χ0n) is 14.5. The van der Waals surface area contributed by atoms with E-state index in [-0.39, 0.29) is 5.91 Å². The number of hydrogen-bond donors (Lipinski definition) is 1. The van der Waals surface area contributed by atoms with E-state index in [4.69, 9.17) is 11.6 Å². The lowest BCUT2D eigenvalue weighted by atomic mass is 10.1. The molecule has 1 aromatic carbocycles. The van der Waals surface area contributed by atoms with Crippen molar-refractivity contribution in [3.05, 3.63) is 80.5 Å². The summed E-state index contributed by atoms with van der Waals surface area (Å²) in [5, 5.41) is 4.69. The molecule has 3 aromatic rings. The highest BCUT2D eigenvalue weighted by Crippen LogP contribution is 2.19. The van der Waals surface area contributed by atoms with Crippen LogP contribution in [0.2, 0.25) is 5.02 Å². The van der Waals surface area contributed by atoms with Gasteiger partial charge in [0, 0.05) is 30.4 Å². The van der Waals surface area contributed by atoms with Gasteiger partial charge in [-0.05, 0) is 55.2 Å². The molecule has 0 unspecified atom stereocenters. The summed E-state index contributed by atoms with van der Waals surface area (Å²) in [4.78, 5) is 21.7. The maximum absolute atomic E-state index is 12.4. The fourth-order valence-electron chi connectivity index (χ4n) is 2.62. The molecule has 0 aliphatic heterocycles. The Labute approximate surface area is 162 Å². The van der Waals surface area contributed by atoms with Crippen LogP contribution in [0.25, 0.3) is 0 Å². The van der Waals surface area contributed by atoms with Crippen molar-refractivity contribution in [3.8, 4) is 0 Å². The van der Waals surface area contributed by atoms with Gasteiger partial charge in [0.25, 0.3) is 5.91 Å². The van der Waals surface area contributed by atoms with Crippen LogP contribution in [0.4, 0.5) is 0 Å². The fourth-order valence-corrected chi connectivity index (χ4v) is 3.73. The third-order valence-electron chi connectivity index (χ3n) is 4.04. The van der Waals surface area contributed by atoms with Crippen molar-refractivity contribution in [3.63, 3.8) is 0 Å². The molecular formula is C20H20ClN3OS. The van der Waals surface area contributed by atoms with Gasteiger partial charge in [0.15, 0.2) is 0 Å². The van der Waals surface area contributed by atoms with Gasteiger partial charge in [-0.15, -0.1) is 11.3 Å². The topological polar surface area (TPSA) is 54.9 Å². The quantitative estimate of drug-likeness (QED) is 0.661. The van der Waals surface area contributed by atoms with Gasteiger partial charge in [-0.2, -0.15) is 0 Å². The molecule has 3 rings (SSSR count). The Morgan fingerprint density at radius 1 is 1.04 bits per heavy atom. The Morgan fingerprint density at radius 3 is 2.46 bits per heavy atom. The summed E-state index contributed by atoms with van der Waals surface area (Å²) in [6.07, 6.45) is 6.08. The molecule has 1 N–H and O–H groups in total. The number of rotatable bonds is 7. The van der Waals surface area contributed by atoms with Gasteiger partial charge in [0.1, 0.15) is 4.88 Å². The zero-order chi connectivity index (χ0) is 18.4. The van der Waals surface area contributed by atoms with Gasteiger partial charge < -0.3 is 5.32 Å². The van der Waals surface area contributed by atoms with Crippen LogP contribution in [-0.2, 0) is 19.3 Å². The van der Waals surface area contributed by atoms with Crippen molar-refractivity contribution in [2.45, 2.75) is 26.2 Å². The lowest BCUT2D eigenvalue weighted by Crippen LogP contribution is -2.25. The molecular weight excluding hydrogens is 366 g/mol. The van der Waals surface area contributed by atoms with Crippen molar-refractivity contribution < 1.29 is 4.79 Å². The largest absolute Gasteiger partial charge is 0.351 e. The van der Waals surface area contributed by atoms with Crippen LogP contribution in [0, 0.1) is 6.92 Å². The third-order valence-corrected chi connectivity index (χ3v) is 5.50. The second-order valence-corrected chi connectivity index (χ2v) is 7.53. The molecule has 0 bridgehead atoms. The number of hydrogen-bond acceptors (Lipinski definition) is 4. The lowest BCUT2D eigenvalue weighted by Gasteiger charge is -2.04. The highest BCUT2D eigenvalue weighted by Gasteiger charge is 2.14. The Bertz CT molecular complexity index is 863. The summed E-state index contributed by atoms with van der Waals surface area (Å²) >= 11 is 7.36. The molecule has 2 aromatic heterocycles. The number of amides is 1. The first-order valence-corrected chi connectivity index (χ1v) is 9.69. The predicted octanol–water partition coefficient (Wildman–Crippen LogP) is 4.26. The molecule has 26 heavy (non-hydrogen) atoms. The van der Waals surface area contributed by atoms with Gasteiger partial charge in [0.2, 0.25) is 0 Å². The number of aromatic nitrogens is 2. The van der Waals surface area contributed by atoms with Crippen LogP contribution in [0.3, 0.4) is 0 Å². The van der Waals surface area contributed by atoms with Crippen molar-refractivity contribution >= 4 is 28.8 Å². The molecule has 0 spiro atoms. The van der Waals surface area contributed by atoms with Gasteiger partial charge in [-0.25, -0.2) is 4.98 Å². The molecule has 0 fully saturated rings. The van der Waals surface area contributed by atoms with Gasteiger partial charge in [-0.1, -0.05) is 23.7 Å². The fraction of sp³-hybridized carbons (Fsp3) is 0.250. The first-order chi connectivity index (χ1) is 12.6. The van der Waals surface area contributed by atoms with Crippen LogP contribution >= 0.6 is 22.9 Å². The Morgan fingerprint density at radius 2 is 1.73 bits per heavy atom. The summed E-state index contributed by atoms with van der Waals surface area (Å²) in [5.74, 6) is -0.0517. The number of benzene rings is 1. The molecule has 6 heteroatoms. The minimum atomic E-state index is -0.0517. The first-order valence-electron chi connectivity index (χ1n) is 8.49. The van der Waals surface area contributed by atoms with Crippen LogP contribution in [0.1, 0.15) is 31.5 Å². The lowest BCUT2D eigenvalue weighted by molar-refractivity contribution is 0.0957. The number of nitrogens with zero attached hydrogens (tertiary/aromatic N) is 2. The van der Waals surface area contributed by atoms with E-state index in [9.17, 15) is 4.79 Å². The second-order valence-electron chi connectivity index (χ2n) is 6.01. The third kappa shape index (κ3) is 5.13. The number of aryl methyl sites for hydroxylation is 3. The van der Waals surface area contributed by atoms with E-state index >= 15 is 0 Å². The minimum absolute atomic E-state index is 0.0517. The van der Waals surface area contributed by atoms with Crippen molar-refractivity contribution in [1.29, 1.82) is 0 Å². The molecule has 4 nitrogen and oxygen atoms in total. The Balaban J connectivity index is 1.52. The molecule has 0 atom stereocenters. The average Bonchev–Trinajstić information content (AvgIpc) is 3.03. The molecule has 0 saturated carbocycles. The van der Waals surface area contributed by atoms with Crippen LogP contribution in [0.5, 0.6) is 0 Å². The van der Waals surface area contributed by atoms with Crippen molar-refractivity contribution in [2.75, 3.05) is 6.54 Å². The second kappa shape index (κ2) is 8.92. The minimum Gasteiger partial charge on any atom is -0.351 e. The molecule has 0 aliphatic rings. The van der Waals surface area contributed by atoms with E-state index in [0.717, 1.165) is 40.6 Å². The van der Waals surface area contributed by atoms with E-state index in [1.54, 1.807) is 12.4 Å². The predicted molar refractivity (Wildman–Crippen MR) is 106 cm³/mol. The Kier molecular flexibility index (Phi) is 6.36. The van der Waals surface area contributed by atoms with Crippen molar-refractivity contribution in [2.24, 2.45) is 0 Å². The Hall–Kier alpha value is -2.24.